The highest BCUT2D eigenvalue weighted by atomic mass is 32.1. The van der Waals surface area contributed by atoms with Gasteiger partial charge in [-0.3, -0.25) is 20.4 Å². The smallest absolute Gasteiger partial charge is 0.225 e. The molecule has 3 N–H and O–H groups in total. The van der Waals surface area contributed by atoms with Crippen molar-refractivity contribution in [2.75, 3.05) is 5.32 Å². The van der Waals surface area contributed by atoms with E-state index in [1.54, 1.807) is 24.3 Å². The highest BCUT2D eigenvalue weighted by Crippen LogP contribution is 2.09. The van der Waals surface area contributed by atoms with Gasteiger partial charge in [0.1, 0.15) is 0 Å². The van der Waals surface area contributed by atoms with Gasteiger partial charge >= 0.3 is 0 Å². The Balaban J connectivity index is 2.58. The molecule has 0 saturated carbocycles. The van der Waals surface area contributed by atoms with E-state index in [1.165, 1.54) is 6.92 Å². The summed E-state index contributed by atoms with van der Waals surface area (Å²) in [6.07, 6.45) is 0.479. The minimum absolute atomic E-state index is 0.00914. The molecule has 0 aliphatic carbocycles. The van der Waals surface area contributed by atoms with E-state index in [0.717, 1.165) is 5.69 Å². The van der Waals surface area contributed by atoms with E-state index < -0.39 is 0 Å². The van der Waals surface area contributed by atoms with Crippen LogP contribution in [0.2, 0.25) is 0 Å². The van der Waals surface area contributed by atoms with Crippen molar-refractivity contribution in [1.29, 1.82) is 0 Å². The van der Waals surface area contributed by atoms with Crippen molar-refractivity contribution in [3.63, 3.8) is 0 Å². The van der Waals surface area contributed by atoms with Crippen molar-refractivity contribution in [2.24, 2.45) is 0 Å². The lowest BCUT2D eigenvalue weighted by Gasteiger charge is -2.08. The lowest BCUT2D eigenvalue weighted by atomic mass is 10.1. The summed E-state index contributed by atoms with van der Waals surface area (Å²) in [5, 5.41) is 3.10. The maximum Gasteiger partial charge on any atom is 0.225 e. The molecule has 84 valence electrons. The number of carbonyl (C=O) groups excluding carboxylic acids is 2. The van der Waals surface area contributed by atoms with E-state index >= 15 is 0 Å². The average molecular weight is 237 g/mol. The number of ketones is 1. The third-order valence-corrected chi connectivity index (χ3v) is 2.00. The van der Waals surface area contributed by atoms with Crippen molar-refractivity contribution in [3.05, 3.63) is 29.8 Å². The molecule has 1 amide bonds. The zero-order valence-corrected chi connectivity index (χ0v) is 9.43. The number of hydrogen-bond donors (Lipinski definition) is 3. The molecule has 0 atom stereocenters. The molecule has 5 nitrogen and oxygen atoms in total. The fraction of sp³-hybridized carbons (Fsp3) is 0.100. The van der Waals surface area contributed by atoms with Gasteiger partial charge in [0.05, 0.1) is 0 Å². The Kier molecular flexibility index (Phi) is 4.41. The van der Waals surface area contributed by atoms with Crippen LogP contribution in [-0.4, -0.2) is 17.3 Å². The predicted octanol–water partition coefficient (Wildman–Crippen LogP) is 0.837. The van der Waals surface area contributed by atoms with E-state index in [4.69, 9.17) is 12.2 Å². The van der Waals surface area contributed by atoms with Gasteiger partial charge in [-0.2, -0.15) is 0 Å². The van der Waals surface area contributed by atoms with Crippen molar-refractivity contribution in [3.8, 4) is 0 Å². The number of thiocarbonyl (C=S) groups is 1. The predicted molar refractivity (Wildman–Crippen MR) is 65.0 cm³/mol. The molecule has 1 aromatic rings. The molecule has 6 heteroatoms. The fourth-order valence-corrected chi connectivity index (χ4v) is 1.22. The maximum atomic E-state index is 11.0. The number of nitrogens with one attached hydrogen (secondary N) is 3. The summed E-state index contributed by atoms with van der Waals surface area (Å²) in [5.41, 5.74) is 6.03. The average Bonchev–Trinajstić information content (AvgIpc) is 2.27. The number of Topliss-reactive ketones (excluding diaryl/α,β-unsaturated/α-hetero) is 1. The second-order valence-corrected chi connectivity index (χ2v) is 3.38. The lowest BCUT2D eigenvalue weighted by Crippen LogP contribution is -2.39. The van der Waals surface area contributed by atoms with Gasteiger partial charge in [-0.05, 0) is 43.4 Å². The summed E-state index contributed by atoms with van der Waals surface area (Å²) in [6.45, 7) is 1.50. The minimum Gasteiger partial charge on any atom is -0.331 e. The van der Waals surface area contributed by atoms with Crippen LogP contribution in [0.3, 0.4) is 0 Å². The van der Waals surface area contributed by atoms with Gasteiger partial charge in [-0.15, -0.1) is 0 Å². The summed E-state index contributed by atoms with van der Waals surface area (Å²) in [4.78, 5) is 21.0. The molecule has 1 aromatic carbocycles. The van der Waals surface area contributed by atoms with Crippen molar-refractivity contribution < 1.29 is 9.59 Å². The molecule has 0 fully saturated rings. The van der Waals surface area contributed by atoms with E-state index in [1.807, 2.05) is 0 Å². The van der Waals surface area contributed by atoms with Crippen LogP contribution in [0.15, 0.2) is 24.3 Å². The summed E-state index contributed by atoms with van der Waals surface area (Å²) in [7, 11) is 0. The van der Waals surface area contributed by atoms with Gasteiger partial charge in [0.2, 0.25) is 6.41 Å². The zero-order chi connectivity index (χ0) is 12.0. The van der Waals surface area contributed by atoms with Gasteiger partial charge in [-0.25, -0.2) is 0 Å². The fourth-order valence-electron chi connectivity index (χ4n) is 1.05. The van der Waals surface area contributed by atoms with Crippen LogP contribution in [0.25, 0.3) is 0 Å². The Labute approximate surface area is 98.2 Å². The Morgan fingerprint density at radius 2 is 1.94 bits per heavy atom. The molecule has 1 rings (SSSR count). The van der Waals surface area contributed by atoms with Gasteiger partial charge in [-0.1, -0.05) is 0 Å². The van der Waals surface area contributed by atoms with Crippen LogP contribution in [0.1, 0.15) is 17.3 Å². The first kappa shape index (κ1) is 12.1. The van der Waals surface area contributed by atoms with Crippen LogP contribution < -0.4 is 16.2 Å². The first-order chi connectivity index (χ1) is 7.63. The first-order valence-corrected chi connectivity index (χ1v) is 4.91. The molecule has 0 spiro atoms. The van der Waals surface area contributed by atoms with E-state index in [9.17, 15) is 9.59 Å². The zero-order valence-electron chi connectivity index (χ0n) is 8.61. The molecule has 16 heavy (non-hydrogen) atoms. The second kappa shape index (κ2) is 5.82. The third kappa shape index (κ3) is 3.66. The molecule has 0 bridgehead atoms. The highest BCUT2D eigenvalue weighted by molar-refractivity contribution is 7.80. The summed E-state index contributed by atoms with van der Waals surface area (Å²) in [5.74, 6) is 0.00914. The standard InChI is InChI=1S/C10H11N3O2S/c1-7(15)8-2-4-9(5-3-8)12-10(16)13-11-6-14/h2-6H,1H3,(H,11,14)(H2,12,13,16). The van der Waals surface area contributed by atoms with Crippen LogP contribution in [0.4, 0.5) is 5.69 Å². The number of rotatable bonds is 4. The number of benzene rings is 1. The SMILES string of the molecule is CC(=O)c1ccc(NC(=S)NNC=O)cc1. The summed E-state index contributed by atoms with van der Waals surface area (Å²) in [6, 6.07) is 6.85. The van der Waals surface area contributed by atoms with Gasteiger partial charge < -0.3 is 5.32 Å². The molecule has 0 aromatic heterocycles. The summed E-state index contributed by atoms with van der Waals surface area (Å²) < 4.78 is 0. The molecule has 0 heterocycles. The van der Waals surface area contributed by atoms with Gasteiger partial charge in [0.25, 0.3) is 0 Å². The number of hydrazine groups is 1. The van der Waals surface area contributed by atoms with Crippen LogP contribution in [0, 0.1) is 0 Å². The molecule has 0 saturated heterocycles. The monoisotopic (exact) mass is 237 g/mol. The van der Waals surface area contributed by atoms with Gasteiger partial charge in [0, 0.05) is 11.3 Å². The van der Waals surface area contributed by atoms with E-state index in [2.05, 4.69) is 16.2 Å². The molecule has 0 aliphatic rings. The maximum absolute atomic E-state index is 11.0. The molecule has 0 aliphatic heterocycles. The topological polar surface area (TPSA) is 70.2 Å². The highest BCUT2D eigenvalue weighted by Gasteiger charge is 1.99. The van der Waals surface area contributed by atoms with Crippen LogP contribution in [-0.2, 0) is 4.79 Å². The number of hydrogen-bond acceptors (Lipinski definition) is 3. The summed E-state index contributed by atoms with van der Waals surface area (Å²) >= 11 is 4.88. The Morgan fingerprint density at radius 1 is 1.31 bits per heavy atom. The van der Waals surface area contributed by atoms with Crippen molar-refractivity contribution in [1.82, 2.24) is 10.9 Å². The molecular weight excluding hydrogens is 226 g/mol. The Bertz CT molecular complexity index is 403. The number of amides is 1. The van der Waals surface area contributed by atoms with Crippen molar-refractivity contribution >= 4 is 35.2 Å². The molecule has 0 unspecified atom stereocenters. The lowest BCUT2D eigenvalue weighted by molar-refractivity contribution is -0.110. The third-order valence-electron chi connectivity index (χ3n) is 1.79. The normalized spacial score (nSPS) is 9.06. The van der Waals surface area contributed by atoms with E-state index in [0.29, 0.717) is 12.0 Å². The van der Waals surface area contributed by atoms with Crippen LogP contribution >= 0.6 is 12.2 Å². The number of carbonyl (C=O) groups is 2. The molecular formula is C10H11N3O2S. The minimum atomic E-state index is 0.00914. The quantitative estimate of drug-likeness (QED) is 0.313. The van der Waals surface area contributed by atoms with Crippen molar-refractivity contribution in [2.45, 2.75) is 6.92 Å². The Hall–Kier alpha value is -1.95. The van der Waals surface area contributed by atoms with Gasteiger partial charge in [0.15, 0.2) is 10.9 Å². The molecule has 0 radical (unpaired) electrons. The van der Waals surface area contributed by atoms with E-state index in [-0.39, 0.29) is 10.9 Å². The second-order valence-electron chi connectivity index (χ2n) is 2.97. The van der Waals surface area contributed by atoms with Crippen LogP contribution in [0.5, 0.6) is 0 Å². The largest absolute Gasteiger partial charge is 0.331 e. The Morgan fingerprint density at radius 3 is 2.44 bits per heavy atom. The first-order valence-electron chi connectivity index (χ1n) is 4.50. The number of anilines is 1.